The maximum absolute atomic E-state index is 12.5. The van der Waals surface area contributed by atoms with Crippen molar-refractivity contribution in [1.29, 1.82) is 0 Å². The van der Waals surface area contributed by atoms with Gasteiger partial charge in [-0.05, 0) is 26.2 Å². The zero-order chi connectivity index (χ0) is 15.9. The van der Waals surface area contributed by atoms with Gasteiger partial charge in [-0.2, -0.15) is 4.98 Å². The minimum atomic E-state index is -0.191. The molecule has 1 aliphatic rings. The standard InChI is InChI=1S/C16H27N3O3/c1-4-13-8-6-5-7-11-19(13)15(20)10-9-14-17-16(18-22-14)12(2)21-3/h12-13H,4-11H2,1-3H3. The van der Waals surface area contributed by atoms with E-state index in [1.165, 1.54) is 12.8 Å². The molecule has 124 valence electrons. The Labute approximate surface area is 132 Å². The van der Waals surface area contributed by atoms with Crippen LogP contribution in [0.3, 0.4) is 0 Å². The van der Waals surface area contributed by atoms with Gasteiger partial charge in [0.25, 0.3) is 0 Å². The van der Waals surface area contributed by atoms with E-state index in [-0.39, 0.29) is 12.0 Å². The second kappa shape index (κ2) is 8.27. The zero-order valence-electron chi connectivity index (χ0n) is 13.9. The van der Waals surface area contributed by atoms with Crippen LogP contribution in [0.25, 0.3) is 0 Å². The molecule has 2 unspecified atom stereocenters. The molecule has 0 N–H and O–H groups in total. The Morgan fingerprint density at radius 3 is 3.00 bits per heavy atom. The van der Waals surface area contributed by atoms with Crippen LogP contribution >= 0.6 is 0 Å². The summed E-state index contributed by atoms with van der Waals surface area (Å²) in [6.45, 7) is 4.91. The van der Waals surface area contributed by atoms with E-state index < -0.39 is 0 Å². The Hall–Kier alpha value is -1.43. The SMILES string of the molecule is CCC1CCCCCN1C(=O)CCc1nc(C(C)OC)no1. The predicted molar refractivity (Wildman–Crippen MR) is 82.3 cm³/mol. The molecule has 0 aromatic carbocycles. The Morgan fingerprint density at radius 2 is 2.27 bits per heavy atom. The first-order chi connectivity index (χ1) is 10.7. The number of carbonyl (C=O) groups is 1. The van der Waals surface area contributed by atoms with E-state index in [9.17, 15) is 4.79 Å². The molecule has 2 rings (SSSR count). The van der Waals surface area contributed by atoms with Crippen LogP contribution in [-0.2, 0) is 16.0 Å². The number of hydrogen-bond acceptors (Lipinski definition) is 5. The first-order valence-corrected chi connectivity index (χ1v) is 8.30. The van der Waals surface area contributed by atoms with Gasteiger partial charge in [0.1, 0.15) is 6.10 Å². The van der Waals surface area contributed by atoms with Gasteiger partial charge in [-0.15, -0.1) is 0 Å². The van der Waals surface area contributed by atoms with Crippen molar-refractivity contribution >= 4 is 5.91 Å². The van der Waals surface area contributed by atoms with E-state index >= 15 is 0 Å². The average Bonchev–Trinajstić information content (AvgIpc) is 2.88. The highest BCUT2D eigenvalue weighted by Gasteiger charge is 2.24. The Bertz CT molecular complexity index is 475. The van der Waals surface area contributed by atoms with Crippen LogP contribution < -0.4 is 0 Å². The van der Waals surface area contributed by atoms with Gasteiger partial charge in [0, 0.05) is 32.5 Å². The lowest BCUT2D eigenvalue weighted by atomic mass is 10.1. The van der Waals surface area contributed by atoms with Gasteiger partial charge in [0.15, 0.2) is 5.82 Å². The first-order valence-electron chi connectivity index (χ1n) is 8.30. The van der Waals surface area contributed by atoms with Gasteiger partial charge in [-0.3, -0.25) is 4.79 Å². The summed E-state index contributed by atoms with van der Waals surface area (Å²) in [7, 11) is 1.61. The van der Waals surface area contributed by atoms with E-state index in [1.54, 1.807) is 7.11 Å². The van der Waals surface area contributed by atoms with Crippen LogP contribution in [0, 0.1) is 0 Å². The Kier molecular flexibility index (Phi) is 6.36. The van der Waals surface area contributed by atoms with E-state index in [0.717, 1.165) is 25.8 Å². The third-order valence-electron chi connectivity index (χ3n) is 4.42. The van der Waals surface area contributed by atoms with Gasteiger partial charge >= 0.3 is 0 Å². The van der Waals surface area contributed by atoms with Crippen molar-refractivity contribution in [2.75, 3.05) is 13.7 Å². The summed E-state index contributed by atoms with van der Waals surface area (Å²) in [5.74, 6) is 1.24. The fourth-order valence-electron chi connectivity index (χ4n) is 2.93. The number of methoxy groups -OCH3 is 1. The highest BCUT2D eigenvalue weighted by Crippen LogP contribution is 2.20. The quantitative estimate of drug-likeness (QED) is 0.808. The molecule has 0 radical (unpaired) electrons. The van der Waals surface area contributed by atoms with Gasteiger partial charge in [0.05, 0.1) is 0 Å². The molecule has 1 aromatic heterocycles. The average molecular weight is 309 g/mol. The van der Waals surface area contributed by atoms with Gasteiger partial charge in [0.2, 0.25) is 11.8 Å². The van der Waals surface area contributed by atoms with Crippen molar-refractivity contribution in [2.24, 2.45) is 0 Å². The molecular formula is C16H27N3O3. The van der Waals surface area contributed by atoms with Crippen LogP contribution in [0.15, 0.2) is 4.52 Å². The molecule has 1 aromatic rings. The molecule has 6 heteroatoms. The maximum Gasteiger partial charge on any atom is 0.227 e. The molecule has 0 spiro atoms. The van der Waals surface area contributed by atoms with Crippen LogP contribution in [0.1, 0.15) is 70.2 Å². The van der Waals surface area contributed by atoms with Crippen LogP contribution in [0.4, 0.5) is 0 Å². The molecule has 0 saturated carbocycles. The van der Waals surface area contributed by atoms with Crippen molar-refractivity contribution < 1.29 is 14.1 Å². The first kappa shape index (κ1) is 16.9. The molecule has 1 fully saturated rings. The van der Waals surface area contributed by atoms with Crippen molar-refractivity contribution in [2.45, 2.75) is 70.9 Å². The van der Waals surface area contributed by atoms with Crippen molar-refractivity contribution in [1.82, 2.24) is 15.0 Å². The summed E-state index contributed by atoms with van der Waals surface area (Å²) in [6.07, 6.45) is 6.45. The highest BCUT2D eigenvalue weighted by molar-refractivity contribution is 5.76. The third kappa shape index (κ3) is 4.29. The summed E-state index contributed by atoms with van der Waals surface area (Å²) in [5.41, 5.74) is 0. The van der Waals surface area contributed by atoms with Crippen molar-refractivity contribution in [3.05, 3.63) is 11.7 Å². The van der Waals surface area contributed by atoms with Crippen LogP contribution in [-0.4, -0.2) is 40.6 Å². The van der Waals surface area contributed by atoms with Gasteiger partial charge in [-0.25, -0.2) is 0 Å². The highest BCUT2D eigenvalue weighted by atomic mass is 16.5. The lowest BCUT2D eigenvalue weighted by molar-refractivity contribution is -0.133. The topological polar surface area (TPSA) is 68.5 Å². The molecule has 1 amide bonds. The summed E-state index contributed by atoms with van der Waals surface area (Å²) in [4.78, 5) is 18.8. The molecule has 6 nitrogen and oxygen atoms in total. The molecular weight excluding hydrogens is 282 g/mol. The molecule has 2 heterocycles. The number of aromatic nitrogens is 2. The fourth-order valence-corrected chi connectivity index (χ4v) is 2.93. The van der Waals surface area contributed by atoms with E-state index in [4.69, 9.17) is 9.26 Å². The summed E-state index contributed by atoms with van der Waals surface area (Å²) in [6, 6.07) is 0.391. The Morgan fingerprint density at radius 1 is 1.45 bits per heavy atom. The number of likely N-dealkylation sites (tertiary alicyclic amines) is 1. The van der Waals surface area contributed by atoms with Crippen LogP contribution in [0.2, 0.25) is 0 Å². The maximum atomic E-state index is 12.5. The van der Waals surface area contributed by atoms with Gasteiger partial charge < -0.3 is 14.2 Å². The zero-order valence-corrected chi connectivity index (χ0v) is 13.9. The largest absolute Gasteiger partial charge is 0.374 e. The normalized spacial score (nSPS) is 20.7. The van der Waals surface area contributed by atoms with E-state index in [2.05, 4.69) is 22.0 Å². The minimum Gasteiger partial charge on any atom is -0.374 e. The number of aryl methyl sites for hydroxylation is 1. The number of carbonyl (C=O) groups excluding carboxylic acids is 1. The summed E-state index contributed by atoms with van der Waals surface area (Å²) < 4.78 is 10.3. The second-order valence-corrected chi connectivity index (χ2v) is 5.92. The minimum absolute atomic E-state index is 0.191. The molecule has 1 saturated heterocycles. The smallest absolute Gasteiger partial charge is 0.227 e. The van der Waals surface area contributed by atoms with E-state index in [1.807, 2.05) is 6.92 Å². The summed E-state index contributed by atoms with van der Waals surface area (Å²) >= 11 is 0. The van der Waals surface area contributed by atoms with Crippen molar-refractivity contribution in [3.8, 4) is 0 Å². The molecule has 22 heavy (non-hydrogen) atoms. The van der Waals surface area contributed by atoms with E-state index in [0.29, 0.717) is 30.6 Å². The number of rotatable bonds is 6. The fraction of sp³-hybridized carbons (Fsp3) is 0.812. The van der Waals surface area contributed by atoms with Crippen molar-refractivity contribution in [3.63, 3.8) is 0 Å². The molecule has 2 atom stereocenters. The van der Waals surface area contributed by atoms with Gasteiger partial charge in [-0.1, -0.05) is 24.9 Å². The lowest BCUT2D eigenvalue weighted by Gasteiger charge is -2.29. The lowest BCUT2D eigenvalue weighted by Crippen LogP contribution is -2.39. The molecule has 1 aliphatic heterocycles. The molecule has 0 bridgehead atoms. The molecule has 0 aliphatic carbocycles. The predicted octanol–water partition coefficient (Wildman–Crippen LogP) is 2.89. The number of hydrogen-bond donors (Lipinski definition) is 0. The Balaban J connectivity index is 1.89. The third-order valence-corrected chi connectivity index (χ3v) is 4.42. The monoisotopic (exact) mass is 309 g/mol. The number of ether oxygens (including phenoxy) is 1. The van der Waals surface area contributed by atoms with Crippen LogP contribution in [0.5, 0.6) is 0 Å². The number of amides is 1. The second-order valence-electron chi connectivity index (χ2n) is 5.92. The number of nitrogens with zero attached hydrogens (tertiary/aromatic N) is 3. The summed E-state index contributed by atoms with van der Waals surface area (Å²) in [5, 5.41) is 3.89.